The molecule has 5 rings (SSSR count). The molecule has 1 fully saturated rings. The van der Waals surface area contributed by atoms with Crippen molar-refractivity contribution in [2.75, 3.05) is 24.8 Å². The number of amides is 1. The molecule has 0 bridgehead atoms. The van der Waals surface area contributed by atoms with E-state index in [0.29, 0.717) is 34.2 Å². The SMILES string of the molecule is CNc1cc(Nc2cccn(-c3cccnc3C)c2=O)nc2c(C(=O)N[C@@H]3CC[C@H]3OC)cnn12. The largest absolute Gasteiger partial charge is 0.379 e. The molecule has 4 heterocycles. The Morgan fingerprint density at radius 2 is 2.09 bits per heavy atom. The van der Waals surface area contributed by atoms with Crippen LogP contribution in [0.25, 0.3) is 11.3 Å². The lowest BCUT2D eigenvalue weighted by Crippen LogP contribution is -2.51. The second-order valence-electron chi connectivity index (χ2n) is 8.33. The van der Waals surface area contributed by atoms with Gasteiger partial charge in [-0.15, -0.1) is 0 Å². The summed E-state index contributed by atoms with van der Waals surface area (Å²) in [4.78, 5) is 35.1. The van der Waals surface area contributed by atoms with E-state index < -0.39 is 0 Å². The monoisotopic (exact) mass is 474 g/mol. The van der Waals surface area contributed by atoms with Crippen molar-refractivity contribution in [3.63, 3.8) is 0 Å². The molecule has 1 aliphatic rings. The van der Waals surface area contributed by atoms with Crippen LogP contribution in [0.3, 0.4) is 0 Å². The van der Waals surface area contributed by atoms with Gasteiger partial charge in [-0.3, -0.25) is 19.1 Å². The number of aromatic nitrogens is 5. The van der Waals surface area contributed by atoms with Crippen LogP contribution in [0.5, 0.6) is 0 Å². The third kappa shape index (κ3) is 4.10. The van der Waals surface area contributed by atoms with Crippen LogP contribution in [0.2, 0.25) is 0 Å². The Morgan fingerprint density at radius 3 is 2.80 bits per heavy atom. The van der Waals surface area contributed by atoms with Crippen LogP contribution in [0.4, 0.5) is 17.3 Å². The lowest BCUT2D eigenvalue weighted by Gasteiger charge is -2.35. The number of pyridine rings is 2. The van der Waals surface area contributed by atoms with E-state index in [1.165, 1.54) is 10.8 Å². The molecular formula is C24H26N8O3. The number of hydrogen-bond donors (Lipinski definition) is 3. The number of ether oxygens (including phenoxy) is 1. The quantitative estimate of drug-likeness (QED) is 0.372. The molecule has 4 aromatic rings. The first kappa shape index (κ1) is 22.5. The van der Waals surface area contributed by atoms with Crippen molar-refractivity contribution < 1.29 is 9.53 Å². The van der Waals surface area contributed by atoms with Gasteiger partial charge in [-0.1, -0.05) is 0 Å². The highest BCUT2D eigenvalue weighted by Crippen LogP contribution is 2.25. The molecule has 0 radical (unpaired) electrons. The fourth-order valence-corrected chi connectivity index (χ4v) is 4.18. The van der Waals surface area contributed by atoms with Crippen molar-refractivity contribution in [1.82, 2.24) is 29.5 Å². The predicted octanol–water partition coefficient (Wildman–Crippen LogP) is 2.28. The summed E-state index contributed by atoms with van der Waals surface area (Å²) in [5.74, 6) is 0.731. The Kier molecular flexibility index (Phi) is 5.91. The maximum atomic E-state index is 13.2. The molecule has 11 nitrogen and oxygen atoms in total. The van der Waals surface area contributed by atoms with E-state index in [2.05, 4.69) is 31.0 Å². The number of carbonyl (C=O) groups excluding carboxylic acids is 1. The van der Waals surface area contributed by atoms with Gasteiger partial charge < -0.3 is 20.7 Å². The lowest BCUT2D eigenvalue weighted by atomic mass is 9.89. The summed E-state index contributed by atoms with van der Waals surface area (Å²) in [7, 11) is 3.39. The van der Waals surface area contributed by atoms with Crippen LogP contribution in [-0.2, 0) is 4.74 Å². The number of rotatable bonds is 7. The van der Waals surface area contributed by atoms with Gasteiger partial charge in [-0.2, -0.15) is 9.61 Å². The molecule has 1 amide bonds. The molecule has 0 saturated heterocycles. The van der Waals surface area contributed by atoms with Crippen LogP contribution < -0.4 is 21.5 Å². The van der Waals surface area contributed by atoms with Gasteiger partial charge in [0.15, 0.2) is 5.65 Å². The minimum Gasteiger partial charge on any atom is -0.379 e. The first-order valence-electron chi connectivity index (χ1n) is 11.3. The van der Waals surface area contributed by atoms with Gasteiger partial charge >= 0.3 is 0 Å². The third-order valence-corrected chi connectivity index (χ3v) is 6.25. The fourth-order valence-electron chi connectivity index (χ4n) is 4.18. The van der Waals surface area contributed by atoms with E-state index in [1.807, 2.05) is 13.0 Å². The average molecular weight is 475 g/mol. The molecule has 180 valence electrons. The second-order valence-corrected chi connectivity index (χ2v) is 8.33. The topological polar surface area (TPSA) is 127 Å². The highest BCUT2D eigenvalue weighted by atomic mass is 16.5. The summed E-state index contributed by atoms with van der Waals surface area (Å²) < 4.78 is 8.46. The zero-order valence-electron chi connectivity index (χ0n) is 19.6. The zero-order valence-corrected chi connectivity index (χ0v) is 19.6. The van der Waals surface area contributed by atoms with Gasteiger partial charge in [0, 0.05) is 32.6 Å². The third-order valence-electron chi connectivity index (χ3n) is 6.25. The Balaban J connectivity index is 1.49. The van der Waals surface area contributed by atoms with E-state index in [0.717, 1.165) is 18.5 Å². The van der Waals surface area contributed by atoms with Crippen LogP contribution >= 0.6 is 0 Å². The summed E-state index contributed by atoms with van der Waals surface area (Å²) in [6.45, 7) is 1.85. The van der Waals surface area contributed by atoms with Crippen LogP contribution in [-0.4, -0.2) is 56.4 Å². The number of methoxy groups -OCH3 is 1. The number of aryl methyl sites for hydroxylation is 1. The van der Waals surface area contributed by atoms with E-state index >= 15 is 0 Å². The number of nitrogens with one attached hydrogen (secondary N) is 3. The van der Waals surface area contributed by atoms with Crippen LogP contribution in [0.1, 0.15) is 28.9 Å². The van der Waals surface area contributed by atoms with Crippen LogP contribution in [0, 0.1) is 6.92 Å². The van der Waals surface area contributed by atoms with Crippen molar-refractivity contribution in [3.05, 3.63) is 70.5 Å². The molecule has 35 heavy (non-hydrogen) atoms. The molecule has 0 spiro atoms. The smallest absolute Gasteiger partial charge is 0.278 e. The van der Waals surface area contributed by atoms with E-state index in [-0.39, 0.29) is 23.6 Å². The molecule has 0 aliphatic heterocycles. The molecule has 1 aliphatic carbocycles. The van der Waals surface area contributed by atoms with Crippen molar-refractivity contribution in [3.8, 4) is 5.69 Å². The highest BCUT2D eigenvalue weighted by Gasteiger charge is 2.33. The number of fused-ring (bicyclic) bond motifs is 1. The maximum absolute atomic E-state index is 13.2. The summed E-state index contributed by atoms with van der Waals surface area (Å²) in [5.41, 5.74) is 2.21. The molecule has 1 saturated carbocycles. The second kappa shape index (κ2) is 9.18. The molecule has 2 atom stereocenters. The standard InChI is InChI=1S/C24H26N8O3/c1-14-18(7-4-10-26-14)31-11-5-6-17(24(31)34)28-20-12-21(25-2)32-22(30-20)15(13-27-32)23(33)29-16-8-9-19(16)35-3/h4-7,10-13,16,19,25H,8-9H2,1-3H3,(H,28,30)(H,29,33)/t16-,19-/m1/s1. The zero-order chi connectivity index (χ0) is 24.5. The van der Waals surface area contributed by atoms with Gasteiger partial charge in [0.05, 0.1) is 29.7 Å². The molecule has 0 unspecified atom stereocenters. The Morgan fingerprint density at radius 1 is 1.23 bits per heavy atom. The Bertz CT molecular complexity index is 1460. The normalized spacial score (nSPS) is 17.1. The molecule has 0 aromatic carbocycles. The van der Waals surface area contributed by atoms with E-state index in [4.69, 9.17) is 4.74 Å². The number of anilines is 3. The minimum absolute atomic E-state index is 0.0162. The van der Waals surface area contributed by atoms with Crippen molar-refractivity contribution in [1.29, 1.82) is 0 Å². The Labute approximate surface area is 201 Å². The van der Waals surface area contributed by atoms with E-state index in [9.17, 15) is 9.59 Å². The average Bonchev–Trinajstić information content (AvgIpc) is 3.27. The highest BCUT2D eigenvalue weighted by molar-refractivity contribution is 6.00. The molecule has 11 heteroatoms. The number of carbonyl (C=O) groups is 1. The van der Waals surface area contributed by atoms with Gasteiger partial charge in [-0.25, -0.2) is 4.98 Å². The maximum Gasteiger partial charge on any atom is 0.278 e. The van der Waals surface area contributed by atoms with Crippen LogP contribution in [0.15, 0.2) is 53.7 Å². The lowest BCUT2D eigenvalue weighted by molar-refractivity contribution is 0.00732. The van der Waals surface area contributed by atoms with Gasteiger partial charge in [0.1, 0.15) is 22.9 Å². The molecule has 3 N–H and O–H groups in total. The first-order chi connectivity index (χ1) is 17.0. The fraction of sp³-hybridized carbons (Fsp3) is 0.292. The molecule has 4 aromatic heterocycles. The minimum atomic E-state index is -0.271. The van der Waals surface area contributed by atoms with Crippen molar-refractivity contribution in [2.45, 2.75) is 31.9 Å². The van der Waals surface area contributed by atoms with Gasteiger partial charge in [0.25, 0.3) is 11.5 Å². The summed E-state index contributed by atoms with van der Waals surface area (Å²) >= 11 is 0. The number of nitrogens with zero attached hydrogens (tertiary/aromatic N) is 5. The van der Waals surface area contributed by atoms with E-state index in [1.54, 1.807) is 55.3 Å². The summed E-state index contributed by atoms with van der Waals surface area (Å²) in [6, 6.07) is 8.77. The van der Waals surface area contributed by atoms with Crippen molar-refractivity contribution >= 4 is 28.9 Å². The predicted molar refractivity (Wildman–Crippen MR) is 132 cm³/mol. The number of hydrogen-bond acceptors (Lipinski definition) is 8. The van der Waals surface area contributed by atoms with Crippen molar-refractivity contribution in [2.24, 2.45) is 0 Å². The summed E-state index contributed by atoms with van der Waals surface area (Å²) in [5, 5.41) is 13.5. The van der Waals surface area contributed by atoms with Gasteiger partial charge in [-0.05, 0) is 44.0 Å². The molecular weight excluding hydrogens is 448 g/mol. The van der Waals surface area contributed by atoms with Gasteiger partial charge in [0.2, 0.25) is 0 Å². The first-order valence-corrected chi connectivity index (χ1v) is 11.3. The Hall–Kier alpha value is -4.25. The summed E-state index contributed by atoms with van der Waals surface area (Å²) in [6.07, 6.45) is 6.66.